The Hall–Kier alpha value is -1.91. The van der Waals surface area contributed by atoms with Gasteiger partial charge in [0.25, 0.3) is 0 Å². The van der Waals surface area contributed by atoms with Crippen molar-refractivity contribution in [1.82, 2.24) is 10.2 Å². The lowest BCUT2D eigenvalue weighted by molar-refractivity contribution is 0.194. The summed E-state index contributed by atoms with van der Waals surface area (Å²) in [6, 6.07) is 8.12. The number of ether oxygens (including phenoxy) is 1. The maximum absolute atomic E-state index is 12.2. The molecule has 0 atom stereocenters. The van der Waals surface area contributed by atoms with Crippen LogP contribution in [-0.2, 0) is 0 Å². The first-order valence-corrected chi connectivity index (χ1v) is 8.67. The molecule has 1 aliphatic rings. The van der Waals surface area contributed by atoms with Gasteiger partial charge in [-0.25, -0.2) is 4.79 Å². The maximum Gasteiger partial charge on any atom is 0.317 e. The fraction of sp³-hybridized carbons (Fsp3) is 0.611. The maximum atomic E-state index is 12.2. The molecule has 0 aliphatic carbocycles. The van der Waals surface area contributed by atoms with Crippen LogP contribution < -0.4 is 15.0 Å². The lowest BCUT2D eigenvalue weighted by Crippen LogP contribution is -2.52. The summed E-state index contributed by atoms with van der Waals surface area (Å²) < 4.78 is 5.42. The van der Waals surface area contributed by atoms with Crippen molar-refractivity contribution in [3.05, 3.63) is 24.3 Å². The van der Waals surface area contributed by atoms with Crippen molar-refractivity contribution in [2.24, 2.45) is 0 Å². The van der Waals surface area contributed by atoms with Gasteiger partial charge in [0.05, 0.1) is 12.8 Å². The van der Waals surface area contributed by atoms with Crippen LogP contribution in [0, 0.1) is 0 Å². The third-order valence-corrected chi connectivity index (χ3v) is 4.30. The number of rotatable bonds is 7. The Morgan fingerprint density at radius 3 is 2.57 bits per heavy atom. The molecule has 1 aliphatic heterocycles. The van der Waals surface area contributed by atoms with Gasteiger partial charge in [-0.1, -0.05) is 38.3 Å². The lowest BCUT2D eigenvalue weighted by Gasteiger charge is -2.36. The van der Waals surface area contributed by atoms with Gasteiger partial charge in [0.15, 0.2) is 0 Å². The van der Waals surface area contributed by atoms with Gasteiger partial charge in [0.1, 0.15) is 5.75 Å². The summed E-state index contributed by atoms with van der Waals surface area (Å²) in [6.07, 6.45) is 4.73. The molecule has 0 radical (unpaired) electrons. The molecule has 0 spiro atoms. The molecule has 2 amide bonds. The second-order valence-electron chi connectivity index (χ2n) is 5.94. The lowest BCUT2D eigenvalue weighted by atomic mass is 10.2. The van der Waals surface area contributed by atoms with E-state index in [2.05, 4.69) is 23.2 Å². The van der Waals surface area contributed by atoms with E-state index in [1.54, 1.807) is 7.11 Å². The molecule has 0 bridgehead atoms. The quantitative estimate of drug-likeness (QED) is 0.786. The number of carbonyl (C=O) groups is 1. The van der Waals surface area contributed by atoms with E-state index >= 15 is 0 Å². The van der Waals surface area contributed by atoms with Gasteiger partial charge >= 0.3 is 6.03 Å². The van der Waals surface area contributed by atoms with Crippen LogP contribution >= 0.6 is 0 Å². The summed E-state index contributed by atoms with van der Waals surface area (Å²) in [4.78, 5) is 16.4. The second-order valence-corrected chi connectivity index (χ2v) is 5.94. The van der Waals surface area contributed by atoms with Crippen LogP contribution in [0.25, 0.3) is 0 Å². The first-order valence-electron chi connectivity index (χ1n) is 8.67. The highest BCUT2D eigenvalue weighted by atomic mass is 16.5. The third-order valence-electron chi connectivity index (χ3n) is 4.30. The first kappa shape index (κ1) is 17.4. The fourth-order valence-electron chi connectivity index (χ4n) is 2.90. The molecule has 23 heavy (non-hydrogen) atoms. The summed E-state index contributed by atoms with van der Waals surface area (Å²) in [5.74, 6) is 0.890. The number of nitrogens with zero attached hydrogens (tertiary/aromatic N) is 2. The highest BCUT2D eigenvalue weighted by Gasteiger charge is 2.22. The molecule has 1 heterocycles. The molecule has 0 aromatic heterocycles. The van der Waals surface area contributed by atoms with Crippen LogP contribution in [0.3, 0.4) is 0 Å². The van der Waals surface area contributed by atoms with Crippen molar-refractivity contribution in [3.8, 4) is 5.75 Å². The van der Waals surface area contributed by atoms with Gasteiger partial charge in [-0.05, 0) is 18.6 Å². The standard InChI is InChI=1S/C18H29N3O2/c1-3-4-5-8-11-19-18(22)21-14-12-20(13-15-21)16-9-6-7-10-17(16)23-2/h6-7,9-10H,3-5,8,11-15H2,1-2H3,(H,19,22). The van der Waals surface area contributed by atoms with E-state index in [1.807, 2.05) is 23.1 Å². The van der Waals surface area contributed by atoms with Crippen molar-refractivity contribution in [2.45, 2.75) is 32.6 Å². The zero-order valence-corrected chi connectivity index (χ0v) is 14.4. The van der Waals surface area contributed by atoms with Gasteiger partial charge in [-0.15, -0.1) is 0 Å². The number of amides is 2. The number of benzene rings is 1. The Labute approximate surface area is 139 Å². The van der Waals surface area contributed by atoms with Crippen LogP contribution in [0.5, 0.6) is 5.75 Å². The van der Waals surface area contributed by atoms with Gasteiger partial charge in [-0.3, -0.25) is 0 Å². The van der Waals surface area contributed by atoms with Crippen molar-refractivity contribution in [3.63, 3.8) is 0 Å². The number of unbranched alkanes of at least 4 members (excludes halogenated alkanes) is 3. The molecule has 1 fully saturated rings. The minimum absolute atomic E-state index is 0.0705. The van der Waals surface area contributed by atoms with Crippen LogP contribution in [0.2, 0.25) is 0 Å². The average molecular weight is 319 g/mol. The number of carbonyl (C=O) groups excluding carboxylic acids is 1. The van der Waals surface area contributed by atoms with Crippen molar-refractivity contribution < 1.29 is 9.53 Å². The van der Waals surface area contributed by atoms with E-state index in [-0.39, 0.29) is 6.03 Å². The molecule has 1 saturated heterocycles. The first-order chi connectivity index (χ1) is 11.3. The van der Waals surface area contributed by atoms with Gasteiger partial charge in [0.2, 0.25) is 0 Å². The highest BCUT2D eigenvalue weighted by Crippen LogP contribution is 2.28. The van der Waals surface area contributed by atoms with Gasteiger partial charge in [0, 0.05) is 32.7 Å². The Balaban J connectivity index is 1.76. The molecule has 5 heteroatoms. The zero-order chi connectivity index (χ0) is 16.5. The predicted molar refractivity (Wildman–Crippen MR) is 94.3 cm³/mol. The van der Waals surface area contributed by atoms with Crippen LogP contribution in [0.15, 0.2) is 24.3 Å². The molecule has 1 aromatic carbocycles. The summed E-state index contributed by atoms with van der Waals surface area (Å²) in [7, 11) is 1.70. The van der Waals surface area contributed by atoms with E-state index in [1.165, 1.54) is 19.3 Å². The molecule has 128 valence electrons. The van der Waals surface area contributed by atoms with Gasteiger partial charge in [-0.2, -0.15) is 0 Å². The summed E-state index contributed by atoms with van der Waals surface area (Å²) in [5, 5.41) is 3.03. The Bertz CT molecular complexity index is 485. The molecular weight excluding hydrogens is 290 g/mol. The second kappa shape index (κ2) is 9.28. The van der Waals surface area contributed by atoms with E-state index in [0.717, 1.165) is 50.6 Å². The molecule has 1 N–H and O–H groups in total. The highest BCUT2D eigenvalue weighted by molar-refractivity contribution is 5.74. The van der Waals surface area contributed by atoms with Crippen LogP contribution in [0.1, 0.15) is 32.6 Å². The Kier molecular flexibility index (Phi) is 7.04. The van der Waals surface area contributed by atoms with Crippen molar-refractivity contribution in [1.29, 1.82) is 0 Å². The van der Waals surface area contributed by atoms with E-state index in [4.69, 9.17) is 4.74 Å². The van der Waals surface area contributed by atoms with Gasteiger partial charge < -0.3 is 19.9 Å². The number of nitrogens with one attached hydrogen (secondary N) is 1. The molecule has 1 aromatic rings. The summed E-state index contributed by atoms with van der Waals surface area (Å²) in [6.45, 7) is 6.15. The van der Waals surface area contributed by atoms with Crippen LogP contribution in [0.4, 0.5) is 10.5 Å². The van der Waals surface area contributed by atoms with Crippen molar-refractivity contribution in [2.75, 3.05) is 44.7 Å². The third kappa shape index (κ3) is 5.05. The molecule has 0 unspecified atom stereocenters. The number of methoxy groups -OCH3 is 1. The van der Waals surface area contributed by atoms with E-state index in [0.29, 0.717) is 0 Å². The fourth-order valence-corrected chi connectivity index (χ4v) is 2.90. The SMILES string of the molecule is CCCCCCNC(=O)N1CCN(c2ccccc2OC)CC1. The molecular formula is C18H29N3O2. The molecule has 5 nitrogen and oxygen atoms in total. The summed E-state index contributed by atoms with van der Waals surface area (Å²) in [5.41, 5.74) is 1.11. The largest absolute Gasteiger partial charge is 0.495 e. The number of urea groups is 1. The minimum Gasteiger partial charge on any atom is -0.495 e. The summed E-state index contributed by atoms with van der Waals surface area (Å²) >= 11 is 0. The smallest absolute Gasteiger partial charge is 0.317 e. The average Bonchev–Trinajstić information content (AvgIpc) is 2.61. The minimum atomic E-state index is 0.0705. The number of hydrogen-bond donors (Lipinski definition) is 1. The Morgan fingerprint density at radius 2 is 1.87 bits per heavy atom. The van der Waals surface area contributed by atoms with E-state index < -0.39 is 0 Å². The topological polar surface area (TPSA) is 44.8 Å². The predicted octanol–water partition coefficient (Wildman–Crippen LogP) is 3.11. The van der Waals surface area contributed by atoms with Crippen LogP contribution in [-0.4, -0.2) is 50.8 Å². The molecule has 2 rings (SSSR count). The van der Waals surface area contributed by atoms with Crippen molar-refractivity contribution >= 4 is 11.7 Å². The molecule has 0 saturated carbocycles. The number of anilines is 1. The normalized spacial score (nSPS) is 14.7. The number of para-hydroxylation sites is 2. The van der Waals surface area contributed by atoms with E-state index in [9.17, 15) is 4.79 Å². The zero-order valence-electron chi connectivity index (χ0n) is 14.4. The number of piperazine rings is 1. The monoisotopic (exact) mass is 319 g/mol. The Morgan fingerprint density at radius 1 is 1.13 bits per heavy atom. The number of hydrogen-bond acceptors (Lipinski definition) is 3.